The summed E-state index contributed by atoms with van der Waals surface area (Å²) < 4.78 is 14.7. The number of nitrogens with one attached hydrogen (secondary N) is 2. The summed E-state index contributed by atoms with van der Waals surface area (Å²) in [5.41, 5.74) is -1.42. The first-order chi connectivity index (χ1) is 14.0. The topological polar surface area (TPSA) is 127 Å². The average Bonchev–Trinajstić information content (AvgIpc) is 3.07. The van der Waals surface area contributed by atoms with Crippen LogP contribution >= 0.6 is 0 Å². The lowest BCUT2D eigenvalue weighted by atomic mass is 9.87. The van der Waals surface area contributed by atoms with E-state index in [2.05, 4.69) is 10.3 Å². The van der Waals surface area contributed by atoms with Crippen LogP contribution in [0.4, 0.5) is 4.79 Å². The van der Waals surface area contributed by atoms with Gasteiger partial charge in [-0.3, -0.25) is 0 Å². The molecule has 1 aromatic heterocycles. The summed E-state index contributed by atoms with van der Waals surface area (Å²) in [6, 6.07) is 6.05. The van der Waals surface area contributed by atoms with Gasteiger partial charge in [-0.15, -0.1) is 0 Å². The molecule has 2 rings (SSSR count). The fourth-order valence-electron chi connectivity index (χ4n) is 3.13. The van der Waals surface area contributed by atoms with Crippen molar-refractivity contribution < 1.29 is 33.7 Å². The predicted octanol–water partition coefficient (Wildman–Crippen LogP) is 2.07. The van der Waals surface area contributed by atoms with Crippen molar-refractivity contribution in [3.8, 4) is 0 Å². The van der Waals surface area contributed by atoms with Gasteiger partial charge < -0.3 is 29.6 Å². The Kier molecular flexibility index (Phi) is 7.09. The molecule has 0 radical (unpaired) electrons. The Hall–Kier alpha value is -3.07. The minimum atomic E-state index is -2.10. The molecule has 1 heterocycles. The fourth-order valence-corrected chi connectivity index (χ4v) is 3.13. The zero-order valence-electron chi connectivity index (χ0n) is 17.8. The number of hydrogen-bond acceptors (Lipinski definition) is 7. The van der Waals surface area contributed by atoms with Crippen molar-refractivity contribution in [3.63, 3.8) is 0 Å². The minimum absolute atomic E-state index is 0.146. The van der Waals surface area contributed by atoms with Gasteiger partial charge in [0.15, 0.2) is 5.60 Å². The predicted molar refractivity (Wildman–Crippen MR) is 109 cm³/mol. The number of alkyl carbamates (subject to hydrolysis) is 1. The Labute approximate surface area is 174 Å². The van der Waals surface area contributed by atoms with Gasteiger partial charge in [0.1, 0.15) is 11.6 Å². The van der Waals surface area contributed by atoms with Crippen LogP contribution < -0.4 is 5.32 Å². The van der Waals surface area contributed by atoms with Gasteiger partial charge in [-0.25, -0.2) is 14.4 Å². The number of carbonyl (C=O) groups is 3. The first-order valence-corrected chi connectivity index (χ1v) is 9.42. The molecule has 30 heavy (non-hydrogen) atoms. The second-order valence-corrected chi connectivity index (χ2v) is 7.99. The number of aliphatic hydroxyl groups is 1. The van der Waals surface area contributed by atoms with E-state index in [0.717, 1.165) is 25.1 Å². The van der Waals surface area contributed by atoms with Crippen LogP contribution in [0, 0.1) is 0 Å². The summed E-state index contributed by atoms with van der Waals surface area (Å²) >= 11 is 0. The summed E-state index contributed by atoms with van der Waals surface area (Å²) in [6.45, 7) is 5.00. The van der Waals surface area contributed by atoms with E-state index in [1.54, 1.807) is 27.0 Å². The number of amides is 1. The summed E-state index contributed by atoms with van der Waals surface area (Å²) in [6.07, 6.45) is 0.183. The maximum Gasteiger partial charge on any atom is 0.408 e. The number of rotatable bonds is 7. The van der Waals surface area contributed by atoms with Crippen LogP contribution in [0.1, 0.15) is 32.8 Å². The molecule has 2 aromatic rings. The lowest BCUT2D eigenvalue weighted by Gasteiger charge is -2.29. The number of para-hydroxylation sites is 1. The molecule has 0 fully saturated rings. The van der Waals surface area contributed by atoms with Crippen molar-refractivity contribution in [1.82, 2.24) is 10.3 Å². The minimum Gasteiger partial charge on any atom is -0.467 e. The van der Waals surface area contributed by atoms with Crippen molar-refractivity contribution in [2.75, 3.05) is 14.2 Å². The van der Waals surface area contributed by atoms with E-state index in [4.69, 9.17) is 14.2 Å². The van der Waals surface area contributed by atoms with Crippen molar-refractivity contribution in [3.05, 3.63) is 36.0 Å². The molecule has 0 aliphatic rings. The highest BCUT2D eigenvalue weighted by Gasteiger charge is 2.43. The van der Waals surface area contributed by atoms with Gasteiger partial charge in [-0.1, -0.05) is 18.2 Å². The molecule has 1 aromatic carbocycles. The lowest BCUT2D eigenvalue weighted by molar-refractivity contribution is -0.165. The number of methoxy groups -OCH3 is 2. The van der Waals surface area contributed by atoms with Gasteiger partial charge in [0.05, 0.1) is 14.2 Å². The molecule has 0 saturated carbocycles. The molecule has 9 heteroatoms. The third-order valence-electron chi connectivity index (χ3n) is 4.44. The summed E-state index contributed by atoms with van der Waals surface area (Å²) in [7, 11) is 2.28. The largest absolute Gasteiger partial charge is 0.467 e. The first kappa shape index (κ1) is 23.2. The van der Waals surface area contributed by atoms with Crippen molar-refractivity contribution in [2.24, 2.45) is 0 Å². The van der Waals surface area contributed by atoms with E-state index < -0.39 is 41.7 Å². The second-order valence-electron chi connectivity index (χ2n) is 7.99. The van der Waals surface area contributed by atoms with Crippen LogP contribution in [0.2, 0.25) is 0 Å². The van der Waals surface area contributed by atoms with Crippen LogP contribution in [0.15, 0.2) is 30.5 Å². The van der Waals surface area contributed by atoms with Gasteiger partial charge in [0.25, 0.3) is 0 Å². The van der Waals surface area contributed by atoms with Gasteiger partial charge in [-0.05, 0) is 32.4 Å². The van der Waals surface area contributed by atoms with E-state index in [-0.39, 0.29) is 6.42 Å². The molecule has 9 nitrogen and oxygen atoms in total. The van der Waals surface area contributed by atoms with Crippen molar-refractivity contribution in [2.45, 2.75) is 50.9 Å². The molecular formula is C21H28N2O7. The maximum atomic E-state index is 12.5. The second kappa shape index (κ2) is 9.17. The van der Waals surface area contributed by atoms with Gasteiger partial charge in [-0.2, -0.15) is 0 Å². The smallest absolute Gasteiger partial charge is 0.408 e. The van der Waals surface area contributed by atoms with E-state index in [0.29, 0.717) is 5.56 Å². The molecule has 0 saturated heterocycles. The van der Waals surface area contributed by atoms with Crippen LogP contribution in [-0.4, -0.2) is 59.6 Å². The molecule has 0 spiro atoms. The quantitative estimate of drug-likeness (QED) is 0.462. The number of esters is 2. The van der Waals surface area contributed by atoms with Crippen molar-refractivity contribution >= 4 is 28.9 Å². The Morgan fingerprint density at radius 3 is 2.40 bits per heavy atom. The van der Waals surface area contributed by atoms with E-state index in [9.17, 15) is 19.5 Å². The number of aromatic amines is 1. The Balaban J connectivity index is 2.31. The summed E-state index contributed by atoms with van der Waals surface area (Å²) in [4.78, 5) is 40.0. The number of fused-ring (bicyclic) bond motifs is 1. The molecule has 0 aliphatic carbocycles. The third-order valence-corrected chi connectivity index (χ3v) is 4.44. The molecule has 164 valence electrons. The van der Waals surface area contributed by atoms with Crippen molar-refractivity contribution in [1.29, 1.82) is 0 Å². The number of carbonyl (C=O) groups excluding carboxylic acids is 3. The molecular weight excluding hydrogens is 392 g/mol. The van der Waals surface area contributed by atoms with Crippen LogP contribution in [0.5, 0.6) is 0 Å². The number of benzene rings is 1. The number of hydrogen-bond donors (Lipinski definition) is 3. The molecule has 0 aliphatic heterocycles. The molecule has 2 atom stereocenters. The van der Waals surface area contributed by atoms with Crippen LogP contribution in [0.25, 0.3) is 10.9 Å². The standard InChI is InChI=1S/C21H28N2O7/c1-20(2,3)30-19(26)23-16(17(24)28-4)11-21(27,18(25)29-5)10-13-12-22-15-9-7-6-8-14(13)15/h6-9,12,16,22,27H,10-11H2,1-5H3,(H,23,26). The summed E-state index contributed by atoms with van der Waals surface area (Å²) in [5, 5.41) is 14.4. The Bertz CT molecular complexity index is 915. The highest BCUT2D eigenvalue weighted by Crippen LogP contribution is 2.27. The van der Waals surface area contributed by atoms with E-state index in [1.807, 2.05) is 24.3 Å². The highest BCUT2D eigenvalue weighted by atomic mass is 16.6. The Morgan fingerprint density at radius 1 is 1.13 bits per heavy atom. The van der Waals surface area contributed by atoms with Crippen LogP contribution in [-0.2, 0) is 30.2 Å². The normalized spacial score (nSPS) is 14.5. The van der Waals surface area contributed by atoms with E-state index in [1.165, 1.54) is 0 Å². The summed E-state index contributed by atoms with van der Waals surface area (Å²) in [5.74, 6) is -1.77. The molecule has 3 N–H and O–H groups in total. The highest BCUT2D eigenvalue weighted by molar-refractivity contribution is 5.87. The number of ether oxygens (including phenoxy) is 3. The monoisotopic (exact) mass is 420 g/mol. The lowest BCUT2D eigenvalue weighted by Crippen LogP contribution is -2.52. The zero-order valence-corrected chi connectivity index (χ0v) is 17.8. The number of H-pyrrole nitrogens is 1. The molecule has 0 bridgehead atoms. The maximum absolute atomic E-state index is 12.5. The molecule has 1 amide bonds. The van der Waals surface area contributed by atoms with Gasteiger partial charge in [0, 0.05) is 29.9 Å². The van der Waals surface area contributed by atoms with Gasteiger partial charge in [0.2, 0.25) is 0 Å². The average molecular weight is 420 g/mol. The third kappa shape index (κ3) is 5.73. The fraction of sp³-hybridized carbons (Fsp3) is 0.476. The SMILES string of the molecule is COC(=O)C(CC(O)(Cc1c[nH]c2ccccc12)C(=O)OC)NC(=O)OC(C)(C)C. The van der Waals surface area contributed by atoms with E-state index >= 15 is 0 Å². The van der Waals surface area contributed by atoms with Crippen LogP contribution in [0.3, 0.4) is 0 Å². The zero-order chi connectivity index (χ0) is 22.5. The first-order valence-electron chi connectivity index (χ1n) is 9.42. The molecule has 2 unspecified atom stereocenters. The van der Waals surface area contributed by atoms with Gasteiger partial charge >= 0.3 is 18.0 Å². The Morgan fingerprint density at radius 2 is 1.80 bits per heavy atom. The number of aromatic nitrogens is 1.